The molecule has 0 aromatic heterocycles. The fourth-order valence-electron chi connectivity index (χ4n) is 2.41. The van der Waals surface area contributed by atoms with E-state index in [9.17, 15) is 9.59 Å². The molecule has 3 amide bonds. The van der Waals surface area contributed by atoms with Crippen LogP contribution in [0.2, 0.25) is 0 Å². The second-order valence-corrected chi connectivity index (χ2v) is 7.15. The monoisotopic (exact) mass is 283 g/mol. The number of nitrogens with one attached hydrogen (secondary N) is 1. The van der Waals surface area contributed by atoms with Crippen LogP contribution in [0.15, 0.2) is 0 Å². The predicted molar refractivity (Wildman–Crippen MR) is 80.5 cm³/mol. The van der Waals surface area contributed by atoms with Gasteiger partial charge in [-0.1, -0.05) is 20.8 Å². The minimum Gasteiger partial charge on any atom is -0.356 e. The maximum Gasteiger partial charge on any atom is 0.319 e. The van der Waals surface area contributed by atoms with Crippen molar-refractivity contribution in [3.63, 3.8) is 0 Å². The molecule has 1 rings (SSSR count). The maximum atomic E-state index is 11.8. The Hall–Kier alpha value is -1.26. The SMILES string of the molecule is CN(C)C(=O)N1CCC(CNC(=O)CC(C)(C)C)CC1. The number of carbonyl (C=O) groups is 2. The summed E-state index contributed by atoms with van der Waals surface area (Å²) in [7, 11) is 3.56. The normalized spacial score (nSPS) is 16.9. The Bertz CT molecular complexity index is 340. The van der Waals surface area contributed by atoms with Gasteiger partial charge in [0.2, 0.25) is 5.91 Å². The third kappa shape index (κ3) is 5.80. The number of amides is 3. The van der Waals surface area contributed by atoms with Gasteiger partial charge in [0.1, 0.15) is 0 Å². The molecule has 0 saturated carbocycles. The van der Waals surface area contributed by atoms with Gasteiger partial charge in [-0.05, 0) is 24.2 Å². The molecule has 5 heteroatoms. The van der Waals surface area contributed by atoms with Crippen LogP contribution >= 0.6 is 0 Å². The number of rotatable bonds is 3. The highest BCUT2D eigenvalue weighted by Gasteiger charge is 2.24. The molecule has 1 saturated heterocycles. The summed E-state index contributed by atoms with van der Waals surface area (Å²) in [4.78, 5) is 27.1. The first kappa shape index (κ1) is 16.8. The van der Waals surface area contributed by atoms with Crippen molar-refractivity contribution in [2.45, 2.75) is 40.0 Å². The van der Waals surface area contributed by atoms with E-state index in [0.717, 1.165) is 32.5 Å². The Morgan fingerprint density at radius 2 is 1.75 bits per heavy atom. The molecule has 1 heterocycles. The van der Waals surface area contributed by atoms with Crippen LogP contribution in [0.1, 0.15) is 40.0 Å². The highest BCUT2D eigenvalue weighted by Crippen LogP contribution is 2.19. The van der Waals surface area contributed by atoms with Gasteiger partial charge in [-0.3, -0.25) is 4.79 Å². The average molecular weight is 283 g/mol. The van der Waals surface area contributed by atoms with Gasteiger partial charge >= 0.3 is 6.03 Å². The van der Waals surface area contributed by atoms with E-state index in [2.05, 4.69) is 26.1 Å². The molecule has 1 aliphatic heterocycles. The Balaban J connectivity index is 2.26. The van der Waals surface area contributed by atoms with Crippen LogP contribution in [-0.4, -0.2) is 55.5 Å². The van der Waals surface area contributed by atoms with E-state index in [1.807, 2.05) is 4.90 Å². The summed E-state index contributed by atoms with van der Waals surface area (Å²) >= 11 is 0. The van der Waals surface area contributed by atoms with Crippen molar-refractivity contribution >= 4 is 11.9 Å². The molecule has 116 valence electrons. The molecule has 1 fully saturated rings. The van der Waals surface area contributed by atoms with Gasteiger partial charge in [0, 0.05) is 40.2 Å². The largest absolute Gasteiger partial charge is 0.356 e. The number of likely N-dealkylation sites (tertiary alicyclic amines) is 1. The first-order valence-electron chi connectivity index (χ1n) is 7.42. The molecule has 0 spiro atoms. The molecule has 0 radical (unpaired) electrons. The number of piperidine rings is 1. The minimum absolute atomic E-state index is 0.0333. The van der Waals surface area contributed by atoms with Gasteiger partial charge < -0.3 is 15.1 Å². The van der Waals surface area contributed by atoms with Gasteiger partial charge in [0.15, 0.2) is 0 Å². The van der Waals surface area contributed by atoms with Crippen LogP contribution in [0.3, 0.4) is 0 Å². The fraction of sp³-hybridized carbons (Fsp3) is 0.867. The Morgan fingerprint density at radius 1 is 1.20 bits per heavy atom. The molecule has 0 aromatic rings. The fourth-order valence-corrected chi connectivity index (χ4v) is 2.41. The third-order valence-electron chi connectivity index (χ3n) is 3.55. The van der Waals surface area contributed by atoms with Gasteiger partial charge in [0.25, 0.3) is 0 Å². The standard InChI is InChI=1S/C15H29N3O2/c1-15(2,3)10-13(19)16-11-12-6-8-18(9-7-12)14(20)17(4)5/h12H,6-11H2,1-5H3,(H,16,19). The van der Waals surface area contributed by atoms with Gasteiger partial charge in [-0.2, -0.15) is 0 Å². The zero-order valence-electron chi connectivity index (χ0n) is 13.5. The smallest absolute Gasteiger partial charge is 0.319 e. The van der Waals surface area contributed by atoms with E-state index < -0.39 is 0 Å². The summed E-state index contributed by atoms with van der Waals surface area (Å²) in [5.74, 6) is 0.620. The van der Waals surface area contributed by atoms with E-state index in [-0.39, 0.29) is 17.4 Å². The van der Waals surface area contributed by atoms with Crippen molar-refractivity contribution in [3.8, 4) is 0 Å². The van der Waals surface area contributed by atoms with Crippen molar-refractivity contribution in [2.75, 3.05) is 33.7 Å². The molecule has 0 aliphatic carbocycles. The summed E-state index contributed by atoms with van der Waals surface area (Å²) in [5.41, 5.74) is 0.0333. The molecule has 1 aliphatic rings. The zero-order valence-corrected chi connectivity index (χ0v) is 13.5. The van der Waals surface area contributed by atoms with Gasteiger partial charge in [-0.25, -0.2) is 4.79 Å². The lowest BCUT2D eigenvalue weighted by Gasteiger charge is -2.33. The molecule has 0 aromatic carbocycles. The van der Waals surface area contributed by atoms with Crippen molar-refractivity contribution in [1.82, 2.24) is 15.1 Å². The quantitative estimate of drug-likeness (QED) is 0.860. The summed E-state index contributed by atoms with van der Waals surface area (Å²) in [6.07, 6.45) is 2.50. The van der Waals surface area contributed by atoms with Crippen molar-refractivity contribution in [3.05, 3.63) is 0 Å². The lowest BCUT2D eigenvalue weighted by Crippen LogP contribution is -2.45. The second kappa shape index (κ2) is 6.95. The number of hydrogen-bond donors (Lipinski definition) is 1. The molecule has 0 unspecified atom stereocenters. The number of nitrogens with zero attached hydrogens (tertiary/aromatic N) is 2. The van der Waals surface area contributed by atoms with Crippen LogP contribution in [0, 0.1) is 11.3 Å². The van der Waals surface area contributed by atoms with Crippen molar-refractivity contribution in [2.24, 2.45) is 11.3 Å². The van der Waals surface area contributed by atoms with Gasteiger partial charge in [0.05, 0.1) is 0 Å². The van der Waals surface area contributed by atoms with Crippen LogP contribution in [0.5, 0.6) is 0 Å². The van der Waals surface area contributed by atoms with E-state index in [0.29, 0.717) is 12.3 Å². The Morgan fingerprint density at radius 3 is 2.20 bits per heavy atom. The summed E-state index contributed by atoms with van der Waals surface area (Å²) in [6, 6.07) is 0.0835. The highest BCUT2D eigenvalue weighted by molar-refractivity contribution is 5.76. The molecular weight excluding hydrogens is 254 g/mol. The molecular formula is C15H29N3O2. The third-order valence-corrected chi connectivity index (χ3v) is 3.55. The predicted octanol–water partition coefficient (Wildman–Crippen LogP) is 1.93. The minimum atomic E-state index is 0.0333. The molecule has 5 nitrogen and oxygen atoms in total. The number of carbonyl (C=O) groups excluding carboxylic acids is 2. The summed E-state index contributed by atoms with van der Waals surface area (Å²) < 4.78 is 0. The van der Waals surface area contributed by atoms with Crippen LogP contribution in [-0.2, 0) is 4.79 Å². The topological polar surface area (TPSA) is 52.7 Å². The van der Waals surface area contributed by atoms with E-state index in [1.54, 1.807) is 19.0 Å². The molecule has 0 bridgehead atoms. The molecule has 20 heavy (non-hydrogen) atoms. The summed E-state index contributed by atoms with van der Waals surface area (Å²) in [6.45, 7) is 8.51. The summed E-state index contributed by atoms with van der Waals surface area (Å²) in [5, 5.41) is 3.02. The van der Waals surface area contributed by atoms with Gasteiger partial charge in [-0.15, -0.1) is 0 Å². The van der Waals surface area contributed by atoms with Crippen LogP contribution in [0.4, 0.5) is 4.79 Å². The van der Waals surface area contributed by atoms with Crippen molar-refractivity contribution in [1.29, 1.82) is 0 Å². The lowest BCUT2D eigenvalue weighted by atomic mass is 9.91. The average Bonchev–Trinajstić information content (AvgIpc) is 2.34. The number of hydrogen-bond acceptors (Lipinski definition) is 2. The van der Waals surface area contributed by atoms with E-state index in [1.165, 1.54) is 0 Å². The number of urea groups is 1. The molecule has 1 N–H and O–H groups in total. The maximum absolute atomic E-state index is 11.8. The van der Waals surface area contributed by atoms with E-state index in [4.69, 9.17) is 0 Å². The zero-order chi connectivity index (χ0) is 15.3. The second-order valence-electron chi connectivity index (χ2n) is 7.15. The lowest BCUT2D eigenvalue weighted by molar-refractivity contribution is -0.123. The first-order valence-corrected chi connectivity index (χ1v) is 7.42. The highest BCUT2D eigenvalue weighted by atomic mass is 16.2. The van der Waals surface area contributed by atoms with Crippen LogP contribution < -0.4 is 5.32 Å². The van der Waals surface area contributed by atoms with Crippen molar-refractivity contribution < 1.29 is 9.59 Å². The Kier molecular flexibility index (Phi) is 5.84. The van der Waals surface area contributed by atoms with E-state index >= 15 is 0 Å². The molecule has 0 atom stereocenters. The van der Waals surface area contributed by atoms with Crippen LogP contribution in [0.25, 0.3) is 0 Å². The first-order chi connectivity index (χ1) is 9.19. The Labute approximate surface area is 122 Å².